The first kappa shape index (κ1) is 24.2. The standard InChI is InChI=1S/C20H27F5O3/c1-4-18(3,5-2)15-7-9-16(10-8-15)28-13-17(26)27-12-6-11-19(21,22)14-20(23,24)25/h7-10H,4-6,11-14H2,1-3H3. The van der Waals surface area contributed by atoms with Crippen LogP contribution in [-0.4, -0.2) is 31.3 Å². The third-order valence-corrected chi connectivity index (χ3v) is 4.88. The second-order valence-corrected chi connectivity index (χ2v) is 7.05. The average molecular weight is 410 g/mol. The Balaban J connectivity index is 2.35. The molecule has 0 radical (unpaired) electrons. The van der Waals surface area contributed by atoms with Crippen molar-refractivity contribution in [3.8, 4) is 5.75 Å². The highest BCUT2D eigenvalue weighted by atomic mass is 19.4. The predicted molar refractivity (Wildman–Crippen MR) is 95.7 cm³/mol. The lowest BCUT2D eigenvalue weighted by Gasteiger charge is -2.27. The third kappa shape index (κ3) is 8.44. The summed E-state index contributed by atoms with van der Waals surface area (Å²) in [5.74, 6) is -4.17. The number of ether oxygens (including phenoxy) is 2. The van der Waals surface area contributed by atoms with Crippen LogP contribution in [0.25, 0.3) is 0 Å². The smallest absolute Gasteiger partial charge is 0.394 e. The number of hydrogen-bond acceptors (Lipinski definition) is 3. The van der Waals surface area contributed by atoms with Gasteiger partial charge in [-0.05, 0) is 42.4 Å². The second kappa shape index (κ2) is 10.1. The molecule has 0 aromatic heterocycles. The molecule has 160 valence electrons. The van der Waals surface area contributed by atoms with E-state index in [0.29, 0.717) is 5.75 Å². The molecule has 0 aliphatic carbocycles. The maximum absolute atomic E-state index is 13.1. The van der Waals surface area contributed by atoms with Crippen molar-refractivity contribution in [2.45, 2.75) is 70.4 Å². The topological polar surface area (TPSA) is 35.5 Å². The summed E-state index contributed by atoms with van der Waals surface area (Å²) < 4.78 is 72.2. The van der Waals surface area contributed by atoms with Crippen molar-refractivity contribution in [1.82, 2.24) is 0 Å². The molecule has 8 heteroatoms. The number of carbonyl (C=O) groups is 1. The molecule has 0 saturated heterocycles. The van der Waals surface area contributed by atoms with Crippen molar-refractivity contribution in [2.75, 3.05) is 13.2 Å². The maximum Gasteiger partial charge on any atom is 0.394 e. The van der Waals surface area contributed by atoms with Gasteiger partial charge in [-0.2, -0.15) is 13.2 Å². The maximum atomic E-state index is 13.1. The molecule has 0 fully saturated rings. The number of rotatable bonds is 11. The van der Waals surface area contributed by atoms with E-state index in [1.54, 1.807) is 12.1 Å². The van der Waals surface area contributed by atoms with E-state index in [9.17, 15) is 26.7 Å². The highest BCUT2D eigenvalue weighted by molar-refractivity contribution is 5.71. The first-order chi connectivity index (χ1) is 12.9. The van der Waals surface area contributed by atoms with Crippen molar-refractivity contribution >= 4 is 5.97 Å². The van der Waals surface area contributed by atoms with Crippen LogP contribution in [0.1, 0.15) is 58.4 Å². The van der Waals surface area contributed by atoms with Crippen molar-refractivity contribution < 1.29 is 36.2 Å². The van der Waals surface area contributed by atoms with E-state index in [4.69, 9.17) is 9.47 Å². The first-order valence-corrected chi connectivity index (χ1v) is 9.24. The normalized spacial score (nSPS) is 12.7. The van der Waals surface area contributed by atoms with Crippen LogP contribution in [0, 0.1) is 0 Å². The van der Waals surface area contributed by atoms with E-state index in [1.165, 1.54) is 0 Å². The molecule has 0 spiro atoms. The van der Waals surface area contributed by atoms with Crippen LogP contribution in [0.15, 0.2) is 24.3 Å². The van der Waals surface area contributed by atoms with E-state index in [1.807, 2.05) is 12.1 Å². The lowest BCUT2D eigenvalue weighted by molar-refractivity contribution is -0.190. The lowest BCUT2D eigenvalue weighted by atomic mass is 9.78. The summed E-state index contributed by atoms with van der Waals surface area (Å²) in [4.78, 5) is 11.6. The molecule has 1 aromatic rings. The van der Waals surface area contributed by atoms with Gasteiger partial charge >= 0.3 is 12.1 Å². The van der Waals surface area contributed by atoms with Gasteiger partial charge in [0.15, 0.2) is 6.61 Å². The highest BCUT2D eigenvalue weighted by Crippen LogP contribution is 2.34. The van der Waals surface area contributed by atoms with Crippen LogP contribution in [0.4, 0.5) is 22.0 Å². The fraction of sp³-hybridized carbons (Fsp3) is 0.650. The molecule has 28 heavy (non-hydrogen) atoms. The minimum Gasteiger partial charge on any atom is -0.482 e. The fourth-order valence-electron chi connectivity index (χ4n) is 2.69. The Morgan fingerprint density at radius 1 is 1.00 bits per heavy atom. The molecule has 0 heterocycles. The molecule has 3 nitrogen and oxygen atoms in total. The van der Waals surface area contributed by atoms with E-state index >= 15 is 0 Å². The fourth-order valence-corrected chi connectivity index (χ4v) is 2.69. The number of esters is 1. The van der Waals surface area contributed by atoms with Gasteiger partial charge in [-0.15, -0.1) is 0 Å². The molecule has 0 saturated carbocycles. The Morgan fingerprint density at radius 3 is 2.07 bits per heavy atom. The van der Waals surface area contributed by atoms with Gasteiger partial charge in [0.05, 0.1) is 6.61 Å². The number of carbonyl (C=O) groups excluding carboxylic acids is 1. The van der Waals surface area contributed by atoms with Crippen LogP contribution >= 0.6 is 0 Å². The molecule has 0 atom stereocenters. The van der Waals surface area contributed by atoms with Gasteiger partial charge in [0.25, 0.3) is 5.92 Å². The molecule has 0 aliphatic rings. The number of halogens is 5. The van der Waals surface area contributed by atoms with Crippen molar-refractivity contribution in [1.29, 1.82) is 0 Å². The van der Waals surface area contributed by atoms with E-state index < -0.39 is 37.5 Å². The number of hydrogen-bond donors (Lipinski definition) is 0. The van der Waals surface area contributed by atoms with Gasteiger partial charge in [0.1, 0.15) is 12.2 Å². The summed E-state index contributed by atoms with van der Waals surface area (Å²) >= 11 is 0. The summed E-state index contributed by atoms with van der Waals surface area (Å²) in [7, 11) is 0. The zero-order valence-electron chi connectivity index (χ0n) is 16.4. The van der Waals surface area contributed by atoms with E-state index in [-0.39, 0.29) is 18.4 Å². The molecule has 0 aliphatic heterocycles. The van der Waals surface area contributed by atoms with Crippen LogP contribution in [0.5, 0.6) is 5.75 Å². The summed E-state index contributed by atoms with van der Waals surface area (Å²) in [6, 6.07) is 7.33. The second-order valence-electron chi connectivity index (χ2n) is 7.05. The minimum atomic E-state index is -4.94. The molecular weight excluding hydrogens is 383 g/mol. The first-order valence-electron chi connectivity index (χ1n) is 9.24. The molecule has 0 bridgehead atoms. The Bertz CT molecular complexity index is 607. The van der Waals surface area contributed by atoms with Gasteiger partial charge in [0, 0.05) is 6.42 Å². The van der Waals surface area contributed by atoms with Gasteiger partial charge in [0.2, 0.25) is 0 Å². The molecule has 0 amide bonds. The Kier molecular flexibility index (Phi) is 8.70. The number of benzene rings is 1. The highest BCUT2D eigenvalue weighted by Gasteiger charge is 2.42. The molecule has 1 aromatic carbocycles. The van der Waals surface area contributed by atoms with Crippen LogP contribution in [-0.2, 0) is 14.9 Å². The summed E-state index contributed by atoms with van der Waals surface area (Å²) in [5.41, 5.74) is 1.22. The lowest BCUT2D eigenvalue weighted by Crippen LogP contribution is -2.26. The molecule has 1 rings (SSSR count). The van der Waals surface area contributed by atoms with Crippen molar-refractivity contribution in [3.63, 3.8) is 0 Å². The zero-order chi connectivity index (χ0) is 21.4. The number of alkyl halides is 5. The Hall–Kier alpha value is -1.86. The van der Waals surface area contributed by atoms with Crippen LogP contribution in [0.2, 0.25) is 0 Å². The zero-order valence-corrected chi connectivity index (χ0v) is 16.4. The quantitative estimate of drug-likeness (QED) is 0.253. The average Bonchev–Trinajstić information content (AvgIpc) is 2.61. The summed E-state index contributed by atoms with van der Waals surface area (Å²) in [5, 5.41) is 0. The van der Waals surface area contributed by atoms with E-state index in [2.05, 4.69) is 20.8 Å². The van der Waals surface area contributed by atoms with Gasteiger partial charge in [-0.1, -0.05) is 32.9 Å². The minimum absolute atomic E-state index is 0.0611. The van der Waals surface area contributed by atoms with Crippen LogP contribution in [0.3, 0.4) is 0 Å². The third-order valence-electron chi connectivity index (χ3n) is 4.88. The van der Waals surface area contributed by atoms with Crippen molar-refractivity contribution in [2.24, 2.45) is 0 Å². The van der Waals surface area contributed by atoms with Gasteiger partial charge < -0.3 is 9.47 Å². The SMILES string of the molecule is CCC(C)(CC)c1ccc(OCC(=O)OCCCC(F)(F)CC(F)(F)F)cc1. The summed E-state index contributed by atoms with van der Waals surface area (Å²) in [6.45, 7) is 5.60. The van der Waals surface area contributed by atoms with Crippen LogP contribution < -0.4 is 4.74 Å². The monoisotopic (exact) mass is 410 g/mol. The van der Waals surface area contributed by atoms with Gasteiger partial charge in [-0.3, -0.25) is 0 Å². The van der Waals surface area contributed by atoms with Crippen molar-refractivity contribution in [3.05, 3.63) is 29.8 Å². The Labute approximate surface area is 162 Å². The molecule has 0 N–H and O–H groups in total. The molecular formula is C20H27F5O3. The summed E-state index contributed by atoms with van der Waals surface area (Å²) in [6.07, 6.45) is -6.51. The largest absolute Gasteiger partial charge is 0.482 e. The van der Waals surface area contributed by atoms with Gasteiger partial charge in [-0.25, -0.2) is 13.6 Å². The van der Waals surface area contributed by atoms with E-state index in [0.717, 1.165) is 18.4 Å². The predicted octanol–water partition coefficient (Wildman–Crippen LogP) is 6.05. The Morgan fingerprint density at radius 2 is 1.57 bits per heavy atom. The molecule has 0 unspecified atom stereocenters.